The maximum absolute atomic E-state index is 10.7. The van der Waals surface area contributed by atoms with E-state index in [1.165, 1.54) is 12.1 Å². The van der Waals surface area contributed by atoms with Crippen LogP contribution in [0.3, 0.4) is 0 Å². The molecule has 3 nitrogen and oxygen atoms in total. The molecule has 12 heavy (non-hydrogen) atoms. The van der Waals surface area contributed by atoms with E-state index in [1.807, 2.05) is 6.92 Å². The van der Waals surface area contributed by atoms with Gasteiger partial charge < -0.3 is 0 Å². The summed E-state index contributed by atoms with van der Waals surface area (Å²) in [7, 11) is -3.52. The van der Waals surface area contributed by atoms with Crippen LogP contribution in [0.5, 0.6) is 0 Å². The Bertz CT molecular complexity index is 344. The average Bonchev–Trinajstić information content (AvgIpc) is 1.86. The maximum atomic E-state index is 10.7. The fourth-order valence-corrected chi connectivity index (χ4v) is 1.24. The number of rotatable bonds is 1. The molecule has 0 heterocycles. The molecule has 1 aromatic carbocycles. The summed E-state index contributed by atoms with van der Waals surface area (Å²) >= 11 is 0. The van der Waals surface area contributed by atoms with Gasteiger partial charge in [0.05, 0.1) is 4.90 Å². The molecule has 1 rings (SSSR count). The SMILES string of the molecule is Cc1ccc(S(N)(=O)=O)cc1.[Au]. The summed E-state index contributed by atoms with van der Waals surface area (Å²) in [5.74, 6) is 0. The molecule has 0 atom stereocenters. The number of hydrogen-bond acceptors (Lipinski definition) is 2. The quantitative estimate of drug-likeness (QED) is 0.740. The van der Waals surface area contributed by atoms with Crippen LogP contribution < -0.4 is 5.14 Å². The summed E-state index contributed by atoms with van der Waals surface area (Å²) in [4.78, 5) is 0.156. The van der Waals surface area contributed by atoms with Crippen molar-refractivity contribution < 1.29 is 30.8 Å². The van der Waals surface area contributed by atoms with Gasteiger partial charge >= 0.3 is 0 Å². The van der Waals surface area contributed by atoms with Crippen molar-refractivity contribution in [1.82, 2.24) is 0 Å². The Hall–Kier alpha value is -0.130. The summed E-state index contributed by atoms with van der Waals surface area (Å²) in [5.41, 5.74) is 1.01. The largest absolute Gasteiger partial charge is 0.238 e. The second-order valence-electron chi connectivity index (χ2n) is 2.36. The van der Waals surface area contributed by atoms with Gasteiger partial charge in [0, 0.05) is 22.4 Å². The molecule has 0 aliphatic rings. The van der Waals surface area contributed by atoms with Crippen molar-refractivity contribution >= 4 is 10.0 Å². The molecule has 0 aliphatic heterocycles. The van der Waals surface area contributed by atoms with Crippen LogP contribution >= 0.6 is 0 Å². The van der Waals surface area contributed by atoms with Gasteiger partial charge in [-0.2, -0.15) is 0 Å². The van der Waals surface area contributed by atoms with Crippen molar-refractivity contribution in [1.29, 1.82) is 0 Å². The monoisotopic (exact) mass is 368 g/mol. The minimum Gasteiger partial charge on any atom is -0.225 e. The Labute approximate surface area is 87.5 Å². The van der Waals surface area contributed by atoms with E-state index in [9.17, 15) is 8.42 Å². The van der Waals surface area contributed by atoms with E-state index in [4.69, 9.17) is 5.14 Å². The van der Waals surface area contributed by atoms with Gasteiger partial charge in [0.15, 0.2) is 0 Å². The first-order valence-electron chi connectivity index (χ1n) is 3.09. The van der Waals surface area contributed by atoms with Gasteiger partial charge in [0.2, 0.25) is 10.0 Å². The molecule has 0 amide bonds. The van der Waals surface area contributed by atoms with E-state index in [-0.39, 0.29) is 27.3 Å². The van der Waals surface area contributed by atoms with Crippen LogP contribution in [0.15, 0.2) is 29.2 Å². The second-order valence-corrected chi connectivity index (χ2v) is 3.92. The maximum Gasteiger partial charge on any atom is 0.238 e. The predicted molar refractivity (Wildman–Crippen MR) is 42.6 cm³/mol. The predicted octanol–water partition coefficient (Wildman–Crippen LogP) is 0.640. The van der Waals surface area contributed by atoms with Crippen molar-refractivity contribution in [3.05, 3.63) is 29.8 Å². The topological polar surface area (TPSA) is 60.2 Å². The summed E-state index contributed by atoms with van der Waals surface area (Å²) in [5, 5.41) is 4.88. The summed E-state index contributed by atoms with van der Waals surface area (Å²) in [6.45, 7) is 1.88. The molecule has 0 unspecified atom stereocenters. The van der Waals surface area contributed by atoms with E-state index in [2.05, 4.69) is 0 Å². The number of benzene rings is 1. The first-order chi connectivity index (χ1) is 5.00. The normalized spacial score (nSPS) is 10.5. The number of primary sulfonamides is 1. The molecule has 1 aromatic rings. The number of nitrogens with two attached hydrogens (primary N) is 1. The number of hydrogen-bond donors (Lipinski definition) is 1. The van der Waals surface area contributed by atoms with Gasteiger partial charge in [-0.3, -0.25) is 0 Å². The zero-order valence-corrected chi connectivity index (χ0v) is 9.40. The van der Waals surface area contributed by atoms with Crippen LogP contribution in [-0.4, -0.2) is 8.42 Å². The number of aryl methyl sites for hydroxylation is 1. The molecular formula is C7H9AuNO2S. The van der Waals surface area contributed by atoms with Gasteiger partial charge in [-0.05, 0) is 19.1 Å². The first kappa shape index (κ1) is 11.9. The molecular weight excluding hydrogens is 359 g/mol. The molecule has 0 saturated carbocycles. The molecule has 0 bridgehead atoms. The van der Waals surface area contributed by atoms with Gasteiger partial charge in [0.1, 0.15) is 0 Å². The third kappa shape index (κ3) is 3.08. The van der Waals surface area contributed by atoms with E-state index in [1.54, 1.807) is 12.1 Å². The smallest absolute Gasteiger partial charge is 0.225 e. The minimum atomic E-state index is -3.52. The summed E-state index contributed by atoms with van der Waals surface area (Å²) in [6.07, 6.45) is 0. The van der Waals surface area contributed by atoms with Crippen molar-refractivity contribution in [2.45, 2.75) is 11.8 Å². The Morgan fingerprint density at radius 1 is 1.17 bits per heavy atom. The Morgan fingerprint density at radius 3 is 1.92 bits per heavy atom. The van der Waals surface area contributed by atoms with Crippen LogP contribution in [0.2, 0.25) is 0 Å². The van der Waals surface area contributed by atoms with E-state index >= 15 is 0 Å². The fourth-order valence-electron chi connectivity index (χ4n) is 0.728. The van der Waals surface area contributed by atoms with Crippen molar-refractivity contribution in [2.75, 3.05) is 0 Å². The average molecular weight is 368 g/mol. The van der Waals surface area contributed by atoms with Crippen LogP contribution in [-0.2, 0) is 32.4 Å². The molecule has 0 spiro atoms. The van der Waals surface area contributed by atoms with Gasteiger partial charge in [-0.1, -0.05) is 17.7 Å². The Kier molecular flexibility index (Phi) is 4.16. The molecule has 1 radical (unpaired) electrons. The molecule has 0 saturated heterocycles. The Morgan fingerprint density at radius 2 is 1.58 bits per heavy atom. The van der Waals surface area contributed by atoms with Crippen LogP contribution in [0.25, 0.3) is 0 Å². The molecule has 2 N–H and O–H groups in total. The molecule has 0 fully saturated rings. The summed E-state index contributed by atoms with van der Waals surface area (Å²) in [6, 6.07) is 6.40. The third-order valence-corrected chi connectivity index (χ3v) is 2.28. The second kappa shape index (κ2) is 4.20. The van der Waals surface area contributed by atoms with E-state index in [0.717, 1.165) is 5.56 Å². The Balaban J connectivity index is 0.00000121. The van der Waals surface area contributed by atoms with Gasteiger partial charge in [-0.25, -0.2) is 13.6 Å². The van der Waals surface area contributed by atoms with Crippen molar-refractivity contribution in [2.24, 2.45) is 5.14 Å². The van der Waals surface area contributed by atoms with Crippen LogP contribution in [0.1, 0.15) is 5.56 Å². The van der Waals surface area contributed by atoms with E-state index in [0.29, 0.717) is 0 Å². The van der Waals surface area contributed by atoms with E-state index < -0.39 is 10.0 Å². The number of sulfonamides is 1. The van der Waals surface area contributed by atoms with Gasteiger partial charge in [-0.15, -0.1) is 0 Å². The fraction of sp³-hybridized carbons (Fsp3) is 0.143. The molecule has 5 heteroatoms. The van der Waals surface area contributed by atoms with Gasteiger partial charge in [0.25, 0.3) is 0 Å². The molecule has 0 aliphatic carbocycles. The van der Waals surface area contributed by atoms with Crippen LogP contribution in [0.4, 0.5) is 0 Å². The zero-order chi connectivity index (χ0) is 8.48. The van der Waals surface area contributed by atoms with Crippen LogP contribution in [0, 0.1) is 6.92 Å². The minimum absolute atomic E-state index is 0. The standard InChI is InChI=1S/C7H9NO2S.Au/c1-6-2-4-7(5-3-6)11(8,9)10;/h2-5H,1H3,(H2,8,9,10);. The third-order valence-electron chi connectivity index (χ3n) is 1.35. The molecule has 0 aromatic heterocycles. The zero-order valence-electron chi connectivity index (χ0n) is 6.41. The first-order valence-corrected chi connectivity index (χ1v) is 4.64. The summed E-state index contributed by atoms with van der Waals surface area (Å²) < 4.78 is 21.4. The molecule has 71 valence electrons. The van der Waals surface area contributed by atoms with Crippen molar-refractivity contribution in [3.63, 3.8) is 0 Å². The van der Waals surface area contributed by atoms with Crippen molar-refractivity contribution in [3.8, 4) is 0 Å².